The maximum atomic E-state index is 11.3. The smallest absolute Gasteiger partial charge is 0.337 e. The molecule has 23 heavy (non-hydrogen) atoms. The second-order valence-electron chi connectivity index (χ2n) is 5.21. The van der Waals surface area contributed by atoms with Crippen LogP contribution >= 0.6 is 23.2 Å². The summed E-state index contributed by atoms with van der Waals surface area (Å²) in [6.45, 7) is 4.80. The molecule has 0 aliphatic rings. The molecule has 0 unspecified atom stereocenters. The summed E-state index contributed by atoms with van der Waals surface area (Å²) < 4.78 is 5.67. The summed E-state index contributed by atoms with van der Waals surface area (Å²) in [4.78, 5) is 11.3. The minimum atomic E-state index is -1.09. The van der Waals surface area contributed by atoms with Crippen molar-refractivity contribution in [3.8, 4) is 5.75 Å². The molecule has 0 radical (unpaired) electrons. The van der Waals surface area contributed by atoms with E-state index in [9.17, 15) is 9.90 Å². The molecule has 0 fully saturated rings. The lowest BCUT2D eigenvalue weighted by Gasteiger charge is -2.13. The Labute approximate surface area is 145 Å². The number of carbonyl (C=O) groups is 1. The highest BCUT2D eigenvalue weighted by molar-refractivity contribution is 6.37. The Bertz CT molecular complexity index is 712. The van der Waals surface area contributed by atoms with Crippen molar-refractivity contribution in [2.24, 2.45) is 0 Å². The van der Waals surface area contributed by atoms with Crippen LogP contribution in [0.2, 0.25) is 10.0 Å². The second-order valence-corrected chi connectivity index (χ2v) is 6.06. The molecule has 0 aromatic heterocycles. The number of ether oxygens (including phenoxy) is 1. The third-order valence-corrected chi connectivity index (χ3v) is 3.67. The van der Waals surface area contributed by atoms with Gasteiger partial charge >= 0.3 is 5.97 Å². The van der Waals surface area contributed by atoms with Gasteiger partial charge in [-0.3, -0.25) is 0 Å². The molecule has 2 aromatic carbocycles. The normalized spacial score (nSPS) is 10.4. The Morgan fingerprint density at radius 1 is 1.13 bits per heavy atom. The number of rotatable bonds is 6. The number of hydrogen-bond donors (Lipinski definition) is 2. The van der Waals surface area contributed by atoms with E-state index in [4.69, 9.17) is 27.9 Å². The van der Waals surface area contributed by atoms with E-state index in [-0.39, 0.29) is 15.6 Å². The van der Waals surface area contributed by atoms with Crippen LogP contribution in [0.1, 0.15) is 21.5 Å². The highest BCUT2D eigenvalue weighted by atomic mass is 35.5. The first kappa shape index (κ1) is 17.4. The van der Waals surface area contributed by atoms with Gasteiger partial charge in [0, 0.05) is 11.6 Å². The fraction of sp³-hybridized carbons (Fsp3) is 0.235. The summed E-state index contributed by atoms with van der Waals surface area (Å²) in [5.41, 5.74) is 2.63. The van der Waals surface area contributed by atoms with Crippen LogP contribution in [0.25, 0.3) is 0 Å². The number of aryl methyl sites for hydroxylation is 2. The van der Waals surface area contributed by atoms with Crippen LogP contribution in [-0.2, 0) is 0 Å². The van der Waals surface area contributed by atoms with Crippen molar-refractivity contribution in [3.05, 3.63) is 57.1 Å². The molecular formula is C17H17Cl2NO3. The Kier molecular flexibility index (Phi) is 5.74. The molecule has 2 rings (SSSR count). The van der Waals surface area contributed by atoms with E-state index in [1.807, 2.05) is 26.0 Å². The van der Waals surface area contributed by atoms with Crippen molar-refractivity contribution in [1.29, 1.82) is 0 Å². The van der Waals surface area contributed by atoms with Crippen LogP contribution in [0, 0.1) is 13.8 Å². The molecule has 0 aliphatic heterocycles. The first-order chi connectivity index (χ1) is 10.9. The topological polar surface area (TPSA) is 58.6 Å². The molecule has 0 saturated carbocycles. The fourth-order valence-electron chi connectivity index (χ4n) is 2.28. The molecule has 4 nitrogen and oxygen atoms in total. The van der Waals surface area contributed by atoms with Gasteiger partial charge in [-0.2, -0.15) is 0 Å². The Morgan fingerprint density at radius 2 is 1.78 bits per heavy atom. The zero-order chi connectivity index (χ0) is 17.0. The van der Waals surface area contributed by atoms with Crippen molar-refractivity contribution in [3.63, 3.8) is 0 Å². The summed E-state index contributed by atoms with van der Waals surface area (Å²) >= 11 is 11.9. The Morgan fingerprint density at radius 3 is 2.39 bits per heavy atom. The second kappa shape index (κ2) is 7.57. The van der Waals surface area contributed by atoms with Gasteiger partial charge in [-0.15, -0.1) is 0 Å². The Balaban J connectivity index is 2.00. The van der Waals surface area contributed by atoms with Crippen LogP contribution in [0.5, 0.6) is 5.75 Å². The van der Waals surface area contributed by atoms with Crippen LogP contribution in [-0.4, -0.2) is 24.2 Å². The molecule has 0 atom stereocenters. The monoisotopic (exact) mass is 353 g/mol. The van der Waals surface area contributed by atoms with Gasteiger partial charge < -0.3 is 15.2 Å². The number of carboxylic acids is 1. The lowest BCUT2D eigenvalue weighted by Crippen LogP contribution is -2.14. The van der Waals surface area contributed by atoms with E-state index < -0.39 is 5.97 Å². The van der Waals surface area contributed by atoms with Crippen LogP contribution in [0.3, 0.4) is 0 Å². The molecule has 0 heterocycles. The fourth-order valence-corrected chi connectivity index (χ4v) is 2.84. The highest BCUT2D eigenvalue weighted by Crippen LogP contribution is 2.30. The molecule has 0 bridgehead atoms. The third kappa shape index (κ3) is 4.78. The van der Waals surface area contributed by atoms with E-state index in [1.165, 1.54) is 12.1 Å². The van der Waals surface area contributed by atoms with Gasteiger partial charge in [0.2, 0.25) is 0 Å². The predicted octanol–water partition coefficient (Wildman–Crippen LogP) is 4.80. The molecule has 2 aromatic rings. The third-order valence-electron chi connectivity index (χ3n) is 3.15. The van der Waals surface area contributed by atoms with E-state index in [1.54, 1.807) is 0 Å². The molecule has 0 aliphatic carbocycles. The summed E-state index contributed by atoms with van der Waals surface area (Å²) in [6, 6.07) is 8.83. The van der Waals surface area contributed by atoms with Gasteiger partial charge in [-0.1, -0.05) is 29.3 Å². The summed E-state index contributed by atoms with van der Waals surface area (Å²) in [6.07, 6.45) is 0. The van der Waals surface area contributed by atoms with Gasteiger partial charge in [0.1, 0.15) is 12.4 Å². The van der Waals surface area contributed by atoms with E-state index in [0.717, 1.165) is 16.9 Å². The van der Waals surface area contributed by atoms with E-state index in [2.05, 4.69) is 11.4 Å². The molecule has 0 spiro atoms. The number of hydrogen-bond acceptors (Lipinski definition) is 3. The van der Waals surface area contributed by atoms with Gasteiger partial charge in [-0.05, 0) is 49.2 Å². The quantitative estimate of drug-likeness (QED) is 0.732. The van der Waals surface area contributed by atoms with E-state index >= 15 is 0 Å². The van der Waals surface area contributed by atoms with Crippen LogP contribution < -0.4 is 10.1 Å². The zero-order valence-electron chi connectivity index (χ0n) is 12.8. The minimum Gasteiger partial charge on any atom is -0.492 e. The minimum absolute atomic E-state index is 0.0360. The number of nitrogens with one attached hydrogen (secondary N) is 1. The maximum Gasteiger partial charge on any atom is 0.337 e. The standard InChI is InChI=1S/C17H17Cl2NO3/c1-10-5-11(2)7-13(6-10)23-4-3-20-16-14(17(21)22)8-12(18)9-15(16)19/h5-9,20H,3-4H2,1-2H3,(H,21,22). The molecule has 122 valence electrons. The summed E-state index contributed by atoms with van der Waals surface area (Å²) in [5, 5.41) is 12.8. The lowest BCUT2D eigenvalue weighted by atomic mass is 10.1. The SMILES string of the molecule is Cc1cc(C)cc(OCCNc2c(Cl)cc(Cl)cc2C(=O)O)c1. The highest BCUT2D eigenvalue weighted by Gasteiger charge is 2.14. The largest absolute Gasteiger partial charge is 0.492 e. The van der Waals surface area contributed by atoms with Crippen molar-refractivity contribution in [2.45, 2.75) is 13.8 Å². The van der Waals surface area contributed by atoms with Crippen molar-refractivity contribution in [2.75, 3.05) is 18.5 Å². The average Bonchev–Trinajstić information content (AvgIpc) is 2.43. The predicted molar refractivity (Wildman–Crippen MR) is 93.3 cm³/mol. The van der Waals surface area contributed by atoms with Crippen molar-refractivity contribution < 1.29 is 14.6 Å². The number of halogens is 2. The molecule has 0 amide bonds. The van der Waals surface area contributed by atoms with Gasteiger partial charge in [0.05, 0.1) is 16.3 Å². The first-order valence-electron chi connectivity index (χ1n) is 7.04. The number of benzene rings is 2. The number of anilines is 1. The van der Waals surface area contributed by atoms with E-state index in [0.29, 0.717) is 18.8 Å². The number of aromatic carboxylic acids is 1. The molecular weight excluding hydrogens is 337 g/mol. The number of carboxylic acid groups (broad SMARTS) is 1. The van der Waals surface area contributed by atoms with Gasteiger partial charge in [-0.25, -0.2) is 4.79 Å². The van der Waals surface area contributed by atoms with Gasteiger partial charge in [0.25, 0.3) is 0 Å². The lowest BCUT2D eigenvalue weighted by molar-refractivity contribution is 0.0698. The summed E-state index contributed by atoms with van der Waals surface area (Å²) in [5.74, 6) is -0.308. The van der Waals surface area contributed by atoms with Crippen LogP contribution in [0.4, 0.5) is 5.69 Å². The molecule has 6 heteroatoms. The average molecular weight is 354 g/mol. The Hall–Kier alpha value is -1.91. The molecule has 2 N–H and O–H groups in total. The summed E-state index contributed by atoms with van der Waals surface area (Å²) in [7, 11) is 0. The van der Waals surface area contributed by atoms with Crippen molar-refractivity contribution in [1.82, 2.24) is 0 Å². The maximum absolute atomic E-state index is 11.3. The molecule has 0 saturated heterocycles. The zero-order valence-corrected chi connectivity index (χ0v) is 14.3. The van der Waals surface area contributed by atoms with Crippen LogP contribution in [0.15, 0.2) is 30.3 Å². The van der Waals surface area contributed by atoms with Crippen molar-refractivity contribution >= 4 is 34.9 Å². The van der Waals surface area contributed by atoms with Gasteiger partial charge in [0.15, 0.2) is 0 Å². The first-order valence-corrected chi connectivity index (χ1v) is 7.79.